The van der Waals surface area contributed by atoms with Crippen molar-refractivity contribution < 1.29 is 13.2 Å². The number of nitrogens with zero attached hydrogens (tertiary/aromatic N) is 2. The molecule has 2 aromatic carbocycles. The van der Waals surface area contributed by atoms with Gasteiger partial charge in [0.2, 0.25) is 5.13 Å². The zero-order valence-corrected chi connectivity index (χ0v) is 16.7. The van der Waals surface area contributed by atoms with Crippen molar-refractivity contribution in [1.82, 2.24) is 10.2 Å². The zero-order chi connectivity index (χ0) is 19.3. The molecule has 3 aromatic rings. The van der Waals surface area contributed by atoms with Gasteiger partial charge in [0.1, 0.15) is 0 Å². The first-order chi connectivity index (χ1) is 13.0. The number of amides is 1. The van der Waals surface area contributed by atoms with Crippen molar-refractivity contribution >= 4 is 49.8 Å². The molecule has 0 aliphatic carbocycles. The number of anilines is 2. The molecule has 0 aliphatic heterocycles. The summed E-state index contributed by atoms with van der Waals surface area (Å²) in [7, 11) is -3.72. The minimum absolute atomic E-state index is 0.148. The summed E-state index contributed by atoms with van der Waals surface area (Å²) >= 11 is 2.83. The number of rotatable bonds is 7. The fourth-order valence-electron chi connectivity index (χ4n) is 2.15. The third kappa shape index (κ3) is 5.06. The molecule has 1 aromatic heterocycles. The summed E-state index contributed by atoms with van der Waals surface area (Å²) in [5.74, 6) is 0.478. The lowest BCUT2D eigenvalue weighted by atomic mass is 10.2. The third-order valence-electron chi connectivity index (χ3n) is 3.33. The number of benzene rings is 2. The molecule has 0 radical (unpaired) electrons. The summed E-state index contributed by atoms with van der Waals surface area (Å²) in [6, 6.07) is 14.3. The van der Waals surface area contributed by atoms with Gasteiger partial charge in [0.15, 0.2) is 4.34 Å². The zero-order valence-electron chi connectivity index (χ0n) is 14.2. The van der Waals surface area contributed by atoms with Crippen molar-refractivity contribution in [2.24, 2.45) is 0 Å². The minimum atomic E-state index is -3.72. The molecule has 1 amide bonds. The summed E-state index contributed by atoms with van der Waals surface area (Å²) in [4.78, 5) is 12.6. The van der Waals surface area contributed by atoms with Crippen molar-refractivity contribution in [3.63, 3.8) is 0 Å². The molecular weight excluding hydrogens is 404 g/mol. The van der Waals surface area contributed by atoms with Gasteiger partial charge in [0.05, 0.1) is 4.90 Å². The van der Waals surface area contributed by atoms with E-state index in [0.29, 0.717) is 16.4 Å². The Balaban J connectivity index is 1.74. The number of hydrogen-bond acceptors (Lipinski definition) is 7. The van der Waals surface area contributed by atoms with E-state index < -0.39 is 10.0 Å². The van der Waals surface area contributed by atoms with Crippen LogP contribution >= 0.6 is 23.1 Å². The summed E-state index contributed by atoms with van der Waals surface area (Å²) in [5.41, 5.74) is 0.606. The predicted molar refractivity (Wildman–Crippen MR) is 108 cm³/mol. The molecule has 0 atom stereocenters. The predicted octanol–water partition coefficient (Wildman–Crippen LogP) is 3.70. The first kappa shape index (κ1) is 19.3. The van der Waals surface area contributed by atoms with Crippen LogP contribution < -0.4 is 10.0 Å². The molecule has 0 spiro atoms. The van der Waals surface area contributed by atoms with Gasteiger partial charge in [-0.05, 0) is 36.1 Å². The van der Waals surface area contributed by atoms with Gasteiger partial charge in [-0.1, -0.05) is 54.3 Å². The molecule has 0 fully saturated rings. The van der Waals surface area contributed by atoms with Gasteiger partial charge in [0, 0.05) is 11.3 Å². The number of hydrogen-bond donors (Lipinski definition) is 2. The van der Waals surface area contributed by atoms with Crippen molar-refractivity contribution in [2.75, 3.05) is 15.8 Å². The highest BCUT2D eigenvalue weighted by Gasteiger charge is 2.15. The van der Waals surface area contributed by atoms with Gasteiger partial charge in [-0.2, -0.15) is 0 Å². The Morgan fingerprint density at radius 1 is 1.11 bits per heavy atom. The molecule has 1 heterocycles. The van der Waals surface area contributed by atoms with E-state index in [-0.39, 0.29) is 10.8 Å². The average molecular weight is 421 g/mol. The highest BCUT2D eigenvalue weighted by Crippen LogP contribution is 2.25. The molecule has 3 rings (SSSR count). The Hall–Kier alpha value is -2.43. The molecule has 27 heavy (non-hydrogen) atoms. The Morgan fingerprint density at radius 2 is 1.89 bits per heavy atom. The first-order valence-corrected chi connectivity index (χ1v) is 11.2. The topological polar surface area (TPSA) is 101 Å². The second-order valence-electron chi connectivity index (χ2n) is 5.26. The van der Waals surface area contributed by atoms with Crippen LogP contribution in [-0.2, 0) is 10.0 Å². The number of thioether (sulfide) groups is 1. The highest BCUT2D eigenvalue weighted by molar-refractivity contribution is 8.01. The van der Waals surface area contributed by atoms with Crippen LogP contribution in [0.5, 0.6) is 0 Å². The van der Waals surface area contributed by atoms with E-state index >= 15 is 0 Å². The number of sulfonamides is 1. The number of carbonyl (C=O) groups excluding carboxylic acids is 1. The number of aromatic nitrogens is 2. The van der Waals surface area contributed by atoms with E-state index in [0.717, 1.165) is 10.1 Å². The van der Waals surface area contributed by atoms with Crippen molar-refractivity contribution in [1.29, 1.82) is 0 Å². The normalized spacial score (nSPS) is 11.1. The van der Waals surface area contributed by atoms with Crippen LogP contribution in [0.3, 0.4) is 0 Å². The fourth-order valence-corrected chi connectivity index (χ4v) is 4.86. The second kappa shape index (κ2) is 8.51. The molecule has 0 bridgehead atoms. The maximum absolute atomic E-state index is 12.4. The van der Waals surface area contributed by atoms with E-state index in [1.54, 1.807) is 48.2 Å². The quantitative estimate of drug-likeness (QED) is 0.446. The molecule has 10 heteroatoms. The Morgan fingerprint density at radius 3 is 2.63 bits per heavy atom. The van der Waals surface area contributed by atoms with E-state index in [1.165, 1.54) is 29.5 Å². The lowest BCUT2D eigenvalue weighted by Crippen LogP contribution is -2.15. The van der Waals surface area contributed by atoms with E-state index in [9.17, 15) is 13.2 Å². The van der Waals surface area contributed by atoms with Gasteiger partial charge in [-0.3, -0.25) is 14.8 Å². The maximum atomic E-state index is 12.4. The van der Waals surface area contributed by atoms with E-state index in [4.69, 9.17) is 0 Å². The SMILES string of the molecule is CCSc1nnc(NC(=O)c2cccc(NS(=O)(=O)c3ccccc3)c2)s1. The summed E-state index contributed by atoms with van der Waals surface area (Å²) < 4.78 is 28.1. The molecule has 140 valence electrons. The van der Waals surface area contributed by atoms with Gasteiger partial charge >= 0.3 is 0 Å². The molecule has 2 N–H and O–H groups in total. The summed E-state index contributed by atoms with van der Waals surface area (Å²) in [6.45, 7) is 2.01. The van der Waals surface area contributed by atoms with Gasteiger partial charge in [0.25, 0.3) is 15.9 Å². The molecule has 7 nitrogen and oxygen atoms in total. The lowest BCUT2D eigenvalue weighted by Gasteiger charge is -2.09. The Kier molecular flexibility index (Phi) is 6.09. The van der Waals surface area contributed by atoms with Crippen LogP contribution in [0.15, 0.2) is 63.8 Å². The van der Waals surface area contributed by atoms with Crippen molar-refractivity contribution in [3.05, 3.63) is 60.2 Å². The van der Waals surface area contributed by atoms with Crippen molar-refractivity contribution in [3.8, 4) is 0 Å². The first-order valence-electron chi connectivity index (χ1n) is 7.93. The average Bonchev–Trinajstić information content (AvgIpc) is 3.09. The molecule has 0 unspecified atom stereocenters. The largest absolute Gasteiger partial charge is 0.296 e. The monoisotopic (exact) mass is 420 g/mol. The summed E-state index contributed by atoms with van der Waals surface area (Å²) in [5, 5.41) is 11.0. The van der Waals surface area contributed by atoms with Crippen LogP contribution in [0.4, 0.5) is 10.8 Å². The number of carbonyl (C=O) groups is 1. The Labute approximate surface area is 165 Å². The lowest BCUT2D eigenvalue weighted by molar-refractivity contribution is 0.102. The van der Waals surface area contributed by atoms with E-state index in [1.807, 2.05) is 6.92 Å². The molecule has 0 saturated heterocycles. The van der Waals surface area contributed by atoms with Gasteiger partial charge < -0.3 is 0 Å². The van der Waals surface area contributed by atoms with Gasteiger partial charge in [-0.15, -0.1) is 10.2 Å². The summed E-state index contributed by atoms with van der Waals surface area (Å²) in [6.07, 6.45) is 0. The maximum Gasteiger partial charge on any atom is 0.261 e. The van der Waals surface area contributed by atoms with Gasteiger partial charge in [-0.25, -0.2) is 8.42 Å². The third-order valence-corrected chi connectivity index (χ3v) is 6.58. The van der Waals surface area contributed by atoms with Crippen LogP contribution in [0.2, 0.25) is 0 Å². The van der Waals surface area contributed by atoms with Crippen LogP contribution in [0.25, 0.3) is 0 Å². The standard InChI is InChI=1S/C17H16N4O3S3/c1-2-25-17-20-19-16(26-17)18-15(22)12-7-6-8-13(11-12)21-27(23,24)14-9-4-3-5-10-14/h3-11,21H,2H2,1H3,(H,18,19,22). The van der Waals surface area contributed by atoms with Crippen LogP contribution in [-0.4, -0.2) is 30.3 Å². The smallest absolute Gasteiger partial charge is 0.261 e. The molecule has 0 aliphatic rings. The minimum Gasteiger partial charge on any atom is -0.296 e. The Bertz CT molecular complexity index is 1040. The van der Waals surface area contributed by atoms with E-state index in [2.05, 4.69) is 20.2 Å². The van der Waals surface area contributed by atoms with Crippen molar-refractivity contribution in [2.45, 2.75) is 16.2 Å². The second-order valence-corrected chi connectivity index (χ2v) is 9.43. The van der Waals surface area contributed by atoms with Crippen LogP contribution in [0.1, 0.15) is 17.3 Å². The fraction of sp³-hybridized carbons (Fsp3) is 0.118. The van der Waals surface area contributed by atoms with Crippen LogP contribution in [0, 0.1) is 0 Å². The molecular formula is C17H16N4O3S3. The number of nitrogens with one attached hydrogen (secondary N) is 2. The highest BCUT2D eigenvalue weighted by atomic mass is 32.2. The molecule has 0 saturated carbocycles.